The zero-order chi connectivity index (χ0) is 13.7. The number of likely N-dealkylation sites (N-methyl/N-ethyl adjacent to an activating group) is 1. The number of halogens is 2. The van der Waals surface area contributed by atoms with E-state index in [9.17, 15) is 4.39 Å². The highest BCUT2D eigenvalue weighted by molar-refractivity contribution is 6.31. The van der Waals surface area contributed by atoms with Gasteiger partial charge in [-0.1, -0.05) is 43.9 Å². The summed E-state index contributed by atoms with van der Waals surface area (Å²) in [6.07, 6.45) is 7.16. The molecule has 1 saturated carbocycles. The van der Waals surface area contributed by atoms with E-state index < -0.39 is 0 Å². The van der Waals surface area contributed by atoms with Gasteiger partial charge in [0.2, 0.25) is 0 Å². The highest BCUT2D eigenvalue weighted by atomic mass is 35.5. The average Bonchev–Trinajstić information content (AvgIpc) is 2.43. The van der Waals surface area contributed by atoms with E-state index in [-0.39, 0.29) is 5.82 Å². The fourth-order valence-electron chi connectivity index (χ4n) is 3.15. The predicted molar refractivity (Wildman–Crippen MR) is 79.2 cm³/mol. The Morgan fingerprint density at radius 1 is 1.32 bits per heavy atom. The Bertz CT molecular complexity index is 381. The van der Waals surface area contributed by atoms with Gasteiger partial charge in [0.05, 0.1) is 0 Å². The van der Waals surface area contributed by atoms with E-state index in [1.807, 2.05) is 0 Å². The fraction of sp³-hybridized carbons (Fsp3) is 0.625. The van der Waals surface area contributed by atoms with Crippen molar-refractivity contribution in [2.75, 3.05) is 6.54 Å². The van der Waals surface area contributed by atoms with Crippen LogP contribution in [0.4, 0.5) is 4.39 Å². The largest absolute Gasteiger partial charge is 0.314 e. The topological polar surface area (TPSA) is 12.0 Å². The lowest BCUT2D eigenvalue weighted by Gasteiger charge is -2.31. The first-order valence-electron chi connectivity index (χ1n) is 7.38. The Labute approximate surface area is 120 Å². The molecule has 2 rings (SSSR count). The molecule has 1 atom stereocenters. The third-order valence-corrected chi connectivity index (χ3v) is 4.53. The molecular formula is C16H23ClFN. The molecule has 0 aliphatic heterocycles. The van der Waals surface area contributed by atoms with Gasteiger partial charge in [-0.05, 0) is 43.9 Å². The normalized spacial score (nSPS) is 18.5. The first-order valence-corrected chi connectivity index (χ1v) is 7.76. The minimum atomic E-state index is -0.175. The zero-order valence-electron chi connectivity index (χ0n) is 11.6. The molecule has 0 heterocycles. The van der Waals surface area contributed by atoms with Gasteiger partial charge < -0.3 is 5.32 Å². The van der Waals surface area contributed by atoms with Gasteiger partial charge in [0.25, 0.3) is 0 Å². The molecule has 19 heavy (non-hydrogen) atoms. The van der Waals surface area contributed by atoms with Crippen LogP contribution < -0.4 is 5.32 Å². The Morgan fingerprint density at radius 2 is 2.05 bits per heavy atom. The number of rotatable bonds is 5. The minimum absolute atomic E-state index is 0.175. The molecule has 1 N–H and O–H groups in total. The Morgan fingerprint density at radius 3 is 2.68 bits per heavy atom. The third-order valence-electron chi connectivity index (χ3n) is 4.17. The van der Waals surface area contributed by atoms with Crippen molar-refractivity contribution in [1.29, 1.82) is 0 Å². The maximum Gasteiger partial charge on any atom is 0.127 e. The van der Waals surface area contributed by atoms with Crippen LogP contribution in [0.25, 0.3) is 0 Å². The summed E-state index contributed by atoms with van der Waals surface area (Å²) in [5.74, 6) is 0.482. The Kier molecular flexibility index (Phi) is 5.65. The molecule has 3 heteroatoms. The minimum Gasteiger partial charge on any atom is -0.314 e. The Hall–Kier alpha value is -0.600. The maximum atomic E-state index is 13.9. The summed E-state index contributed by atoms with van der Waals surface area (Å²) < 4.78 is 13.9. The molecule has 0 bridgehead atoms. The lowest BCUT2D eigenvalue weighted by molar-refractivity contribution is 0.268. The van der Waals surface area contributed by atoms with E-state index in [4.69, 9.17) is 11.6 Å². The fourth-order valence-corrected chi connectivity index (χ4v) is 3.39. The van der Waals surface area contributed by atoms with E-state index in [0.717, 1.165) is 6.54 Å². The van der Waals surface area contributed by atoms with Crippen molar-refractivity contribution in [2.24, 2.45) is 5.92 Å². The lowest BCUT2D eigenvalue weighted by atomic mass is 9.81. The van der Waals surface area contributed by atoms with Crippen molar-refractivity contribution in [3.05, 3.63) is 34.6 Å². The molecule has 0 amide bonds. The van der Waals surface area contributed by atoms with Crippen molar-refractivity contribution in [2.45, 2.75) is 51.5 Å². The summed E-state index contributed by atoms with van der Waals surface area (Å²) in [5, 5.41) is 4.08. The lowest BCUT2D eigenvalue weighted by Crippen LogP contribution is -2.39. The number of hydrogen-bond donors (Lipinski definition) is 1. The monoisotopic (exact) mass is 283 g/mol. The molecule has 1 nitrogen and oxygen atoms in total. The van der Waals surface area contributed by atoms with Crippen LogP contribution in [0.5, 0.6) is 0 Å². The summed E-state index contributed by atoms with van der Waals surface area (Å²) in [4.78, 5) is 0. The van der Waals surface area contributed by atoms with Crippen LogP contribution in [0, 0.1) is 11.7 Å². The van der Waals surface area contributed by atoms with Crippen molar-refractivity contribution < 1.29 is 4.39 Å². The van der Waals surface area contributed by atoms with Gasteiger partial charge in [-0.2, -0.15) is 0 Å². The molecule has 0 radical (unpaired) electrons. The van der Waals surface area contributed by atoms with Crippen molar-refractivity contribution >= 4 is 11.6 Å². The second-order valence-electron chi connectivity index (χ2n) is 5.47. The molecule has 1 fully saturated rings. The van der Waals surface area contributed by atoms with E-state index in [0.29, 0.717) is 29.0 Å². The van der Waals surface area contributed by atoms with Gasteiger partial charge in [-0.25, -0.2) is 4.39 Å². The van der Waals surface area contributed by atoms with Crippen LogP contribution in [0.1, 0.15) is 44.6 Å². The third kappa shape index (κ3) is 3.93. The van der Waals surface area contributed by atoms with E-state index in [1.165, 1.54) is 38.2 Å². The predicted octanol–water partition coefficient (Wildman–Crippen LogP) is 4.58. The first-order chi connectivity index (χ1) is 9.22. The molecule has 0 spiro atoms. The number of benzene rings is 1. The second-order valence-corrected chi connectivity index (χ2v) is 5.87. The van der Waals surface area contributed by atoms with Crippen LogP contribution in [0.3, 0.4) is 0 Å². The smallest absolute Gasteiger partial charge is 0.127 e. The van der Waals surface area contributed by atoms with Crippen LogP contribution in [0.15, 0.2) is 18.2 Å². The number of nitrogens with one attached hydrogen (secondary N) is 1. The van der Waals surface area contributed by atoms with Crippen molar-refractivity contribution in [3.63, 3.8) is 0 Å². The van der Waals surface area contributed by atoms with Gasteiger partial charge in [-0.3, -0.25) is 0 Å². The molecular weight excluding hydrogens is 261 g/mol. The molecule has 106 valence electrons. The van der Waals surface area contributed by atoms with Crippen molar-refractivity contribution in [1.82, 2.24) is 5.32 Å². The quantitative estimate of drug-likeness (QED) is 0.834. The molecule has 1 aromatic rings. The van der Waals surface area contributed by atoms with Gasteiger partial charge in [0.15, 0.2) is 0 Å². The summed E-state index contributed by atoms with van der Waals surface area (Å²) in [7, 11) is 0. The molecule has 1 aromatic carbocycles. The first kappa shape index (κ1) is 14.8. The van der Waals surface area contributed by atoms with E-state index >= 15 is 0 Å². The molecule has 1 aliphatic carbocycles. The highest BCUT2D eigenvalue weighted by Crippen LogP contribution is 2.30. The maximum absolute atomic E-state index is 13.9. The summed E-state index contributed by atoms with van der Waals surface area (Å²) in [6, 6.07) is 5.30. The van der Waals surface area contributed by atoms with Crippen molar-refractivity contribution in [3.8, 4) is 0 Å². The molecule has 0 aromatic heterocycles. The van der Waals surface area contributed by atoms with E-state index in [2.05, 4.69) is 12.2 Å². The molecule has 1 unspecified atom stereocenters. The number of hydrogen-bond acceptors (Lipinski definition) is 1. The van der Waals surface area contributed by atoms with Crippen LogP contribution in [-0.2, 0) is 6.42 Å². The summed E-state index contributed by atoms with van der Waals surface area (Å²) >= 11 is 6.14. The summed E-state index contributed by atoms with van der Waals surface area (Å²) in [6.45, 7) is 3.03. The van der Waals surface area contributed by atoms with E-state index in [1.54, 1.807) is 12.1 Å². The van der Waals surface area contributed by atoms with Gasteiger partial charge >= 0.3 is 0 Å². The molecule has 0 saturated heterocycles. The van der Waals surface area contributed by atoms with Crippen LogP contribution in [-0.4, -0.2) is 12.6 Å². The second kappa shape index (κ2) is 7.25. The van der Waals surface area contributed by atoms with Crippen LogP contribution >= 0.6 is 11.6 Å². The average molecular weight is 284 g/mol. The SMILES string of the molecule is CCNC(Cc1c(F)cccc1Cl)C1CCCCC1. The van der Waals surface area contributed by atoms with Gasteiger partial charge in [-0.15, -0.1) is 0 Å². The highest BCUT2D eigenvalue weighted by Gasteiger charge is 2.24. The summed E-state index contributed by atoms with van der Waals surface area (Å²) in [5.41, 5.74) is 0.667. The zero-order valence-corrected chi connectivity index (χ0v) is 12.3. The Balaban J connectivity index is 2.11. The van der Waals surface area contributed by atoms with Crippen LogP contribution in [0.2, 0.25) is 5.02 Å². The standard InChI is InChI=1S/C16H23ClFN/c1-2-19-16(12-7-4-3-5-8-12)11-13-14(17)9-6-10-15(13)18/h6,9-10,12,16,19H,2-5,7-8,11H2,1H3. The van der Waals surface area contributed by atoms with Gasteiger partial charge in [0, 0.05) is 16.6 Å². The van der Waals surface area contributed by atoms with Gasteiger partial charge in [0.1, 0.15) is 5.82 Å². The molecule has 1 aliphatic rings.